The highest BCUT2D eigenvalue weighted by Gasteiger charge is 1.95. The van der Waals surface area contributed by atoms with Gasteiger partial charge in [0.05, 0.1) is 6.61 Å². The molecule has 11 heavy (non-hydrogen) atoms. The summed E-state index contributed by atoms with van der Waals surface area (Å²) in [5, 5.41) is 8.91. The Morgan fingerprint density at radius 1 is 1.27 bits per heavy atom. The van der Waals surface area contributed by atoms with E-state index in [4.69, 9.17) is 5.11 Å². The molecule has 0 aliphatic rings. The second kappa shape index (κ2) is 3.94. The van der Waals surface area contributed by atoms with Crippen molar-refractivity contribution in [3.63, 3.8) is 0 Å². The lowest BCUT2D eigenvalue weighted by Crippen LogP contribution is -1.90. The summed E-state index contributed by atoms with van der Waals surface area (Å²) in [6.07, 6.45) is 2.67. The molecule has 1 heteroatoms. The molecule has 1 aromatic carbocycles. The second-order valence-corrected chi connectivity index (χ2v) is 2.42. The lowest BCUT2D eigenvalue weighted by molar-refractivity contribution is 0.281. The largest absolute Gasteiger partial charge is 0.392 e. The van der Waals surface area contributed by atoms with Gasteiger partial charge in [-0.05, 0) is 17.5 Å². The lowest BCUT2D eigenvalue weighted by Gasteiger charge is -2.02. The monoisotopic (exact) mass is 148 g/mol. The van der Waals surface area contributed by atoms with Crippen LogP contribution in [-0.4, -0.2) is 5.11 Å². The van der Waals surface area contributed by atoms with Crippen LogP contribution in [-0.2, 0) is 13.0 Å². The van der Waals surface area contributed by atoms with Crippen molar-refractivity contribution >= 4 is 0 Å². The topological polar surface area (TPSA) is 20.2 Å². The van der Waals surface area contributed by atoms with Gasteiger partial charge >= 0.3 is 0 Å². The van der Waals surface area contributed by atoms with E-state index in [-0.39, 0.29) is 6.61 Å². The molecule has 1 aromatic rings. The van der Waals surface area contributed by atoms with Crippen LogP contribution in [0.15, 0.2) is 36.9 Å². The van der Waals surface area contributed by atoms with Crippen molar-refractivity contribution in [1.82, 2.24) is 0 Å². The minimum absolute atomic E-state index is 0.115. The van der Waals surface area contributed by atoms with E-state index in [1.807, 2.05) is 30.3 Å². The summed E-state index contributed by atoms with van der Waals surface area (Å²) in [7, 11) is 0. The van der Waals surface area contributed by atoms with Crippen LogP contribution in [0.5, 0.6) is 0 Å². The molecular formula is C10H12O. The van der Waals surface area contributed by atoms with E-state index in [9.17, 15) is 0 Å². The molecule has 0 saturated heterocycles. The lowest BCUT2D eigenvalue weighted by atomic mass is 10.1. The average Bonchev–Trinajstić information content (AvgIpc) is 2.06. The van der Waals surface area contributed by atoms with E-state index < -0.39 is 0 Å². The van der Waals surface area contributed by atoms with Gasteiger partial charge < -0.3 is 5.11 Å². The number of allylic oxidation sites excluding steroid dienone is 1. The van der Waals surface area contributed by atoms with Crippen LogP contribution in [0.3, 0.4) is 0 Å². The molecule has 0 aromatic heterocycles. The Kier molecular flexibility index (Phi) is 2.87. The summed E-state index contributed by atoms with van der Waals surface area (Å²) in [5.41, 5.74) is 2.15. The van der Waals surface area contributed by atoms with Crippen molar-refractivity contribution < 1.29 is 5.11 Å². The Bertz CT molecular complexity index is 240. The normalized spacial score (nSPS) is 9.55. The van der Waals surface area contributed by atoms with Crippen molar-refractivity contribution in [2.75, 3.05) is 0 Å². The van der Waals surface area contributed by atoms with Crippen molar-refractivity contribution in [1.29, 1.82) is 0 Å². The highest BCUT2D eigenvalue weighted by atomic mass is 16.3. The molecule has 0 amide bonds. The zero-order chi connectivity index (χ0) is 8.10. The SMILES string of the molecule is C=CCc1ccccc1CO. The Balaban J connectivity index is 2.92. The molecule has 1 nitrogen and oxygen atoms in total. The molecule has 0 radical (unpaired) electrons. The van der Waals surface area contributed by atoms with E-state index in [2.05, 4.69) is 6.58 Å². The molecule has 0 saturated carbocycles. The molecule has 58 valence electrons. The quantitative estimate of drug-likeness (QED) is 0.649. The van der Waals surface area contributed by atoms with Gasteiger partial charge in [-0.1, -0.05) is 30.3 Å². The summed E-state index contributed by atoms with van der Waals surface area (Å²) in [4.78, 5) is 0. The summed E-state index contributed by atoms with van der Waals surface area (Å²) >= 11 is 0. The smallest absolute Gasteiger partial charge is 0.0684 e. The highest BCUT2D eigenvalue weighted by molar-refractivity contribution is 5.27. The fraction of sp³-hybridized carbons (Fsp3) is 0.200. The number of hydrogen-bond donors (Lipinski definition) is 1. The molecule has 0 aliphatic carbocycles. The van der Waals surface area contributed by atoms with Crippen LogP contribution in [0.2, 0.25) is 0 Å². The van der Waals surface area contributed by atoms with Gasteiger partial charge in [0.1, 0.15) is 0 Å². The van der Waals surface area contributed by atoms with E-state index in [0.29, 0.717) is 0 Å². The van der Waals surface area contributed by atoms with Crippen LogP contribution in [0.1, 0.15) is 11.1 Å². The van der Waals surface area contributed by atoms with Gasteiger partial charge in [0.2, 0.25) is 0 Å². The molecule has 0 bridgehead atoms. The van der Waals surface area contributed by atoms with Crippen LogP contribution < -0.4 is 0 Å². The summed E-state index contributed by atoms with van der Waals surface area (Å²) < 4.78 is 0. The molecule has 1 N–H and O–H groups in total. The minimum atomic E-state index is 0.115. The summed E-state index contributed by atoms with van der Waals surface area (Å²) in [6, 6.07) is 7.84. The number of benzene rings is 1. The third-order valence-corrected chi connectivity index (χ3v) is 1.65. The fourth-order valence-electron chi connectivity index (χ4n) is 1.07. The maximum absolute atomic E-state index is 8.91. The third kappa shape index (κ3) is 1.92. The van der Waals surface area contributed by atoms with Gasteiger partial charge in [-0.2, -0.15) is 0 Å². The Morgan fingerprint density at radius 3 is 2.45 bits per heavy atom. The molecule has 0 atom stereocenters. The Labute approximate surface area is 67.0 Å². The van der Waals surface area contributed by atoms with E-state index in [1.165, 1.54) is 0 Å². The van der Waals surface area contributed by atoms with E-state index in [0.717, 1.165) is 17.5 Å². The third-order valence-electron chi connectivity index (χ3n) is 1.65. The van der Waals surface area contributed by atoms with Gasteiger partial charge in [0.15, 0.2) is 0 Å². The first kappa shape index (κ1) is 8.02. The number of aliphatic hydroxyl groups is 1. The summed E-state index contributed by atoms with van der Waals surface area (Å²) in [5.74, 6) is 0. The number of aliphatic hydroxyl groups excluding tert-OH is 1. The molecule has 0 aliphatic heterocycles. The first-order valence-electron chi connectivity index (χ1n) is 3.67. The second-order valence-electron chi connectivity index (χ2n) is 2.42. The first-order chi connectivity index (χ1) is 5.38. The van der Waals surface area contributed by atoms with Gasteiger partial charge in [-0.25, -0.2) is 0 Å². The van der Waals surface area contributed by atoms with Crippen molar-refractivity contribution in [2.45, 2.75) is 13.0 Å². The Morgan fingerprint density at radius 2 is 1.91 bits per heavy atom. The van der Waals surface area contributed by atoms with E-state index in [1.54, 1.807) is 0 Å². The van der Waals surface area contributed by atoms with Gasteiger partial charge in [-0.3, -0.25) is 0 Å². The van der Waals surface area contributed by atoms with Crippen molar-refractivity contribution in [3.8, 4) is 0 Å². The predicted molar refractivity (Wildman–Crippen MR) is 46.3 cm³/mol. The van der Waals surface area contributed by atoms with Crippen LogP contribution >= 0.6 is 0 Å². The predicted octanol–water partition coefficient (Wildman–Crippen LogP) is 1.91. The number of rotatable bonds is 3. The summed E-state index contributed by atoms with van der Waals surface area (Å²) in [6.45, 7) is 3.76. The number of hydrogen-bond acceptors (Lipinski definition) is 1. The maximum atomic E-state index is 8.91. The first-order valence-corrected chi connectivity index (χ1v) is 3.67. The van der Waals surface area contributed by atoms with Gasteiger partial charge in [-0.15, -0.1) is 6.58 Å². The standard InChI is InChI=1S/C10H12O/c1-2-5-9-6-3-4-7-10(9)8-11/h2-4,6-7,11H,1,5,8H2. The van der Waals surface area contributed by atoms with Crippen LogP contribution in [0, 0.1) is 0 Å². The zero-order valence-electron chi connectivity index (χ0n) is 6.46. The van der Waals surface area contributed by atoms with Gasteiger partial charge in [0, 0.05) is 0 Å². The van der Waals surface area contributed by atoms with Crippen LogP contribution in [0.4, 0.5) is 0 Å². The van der Waals surface area contributed by atoms with Crippen molar-refractivity contribution in [2.24, 2.45) is 0 Å². The molecule has 1 rings (SSSR count). The maximum Gasteiger partial charge on any atom is 0.0684 e. The molecule has 0 heterocycles. The molecular weight excluding hydrogens is 136 g/mol. The average molecular weight is 148 g/mol. The molecule has 0 spiro atoms. The minimum Gasteiger partial charge on any atom is -0.392 e. The van der Waals surface area contributed by atoms with Gasteiger partial charge in [0.25, 0.3) is 0 Å². The molecule has 0 fully saturated rings. The van der Waals surface area contributed by atoms with Crippen LogP contribution in [0.25, 0.3) is 0 Å². The highest BCUT2D eigenvalue weighted by Crippen LogP contribution is 2.08. The van der Waals surface area contributed by atoms with E-state index >= 15 is 0 Å². The molecule has 0 unspecified atom stereocenters. The van der Waals surface area contributed by atoms with Crippen molar-refractivity contribution in [3.05, 3.63) is 48.0 Å². The Hall–Kier alpha value is -1.08. The fourth-order valence-corrected chi connectivity index (χ4v) is 1.07. The zero-order valence-corrected chi connectivity index (χ0v) is 6.46.